The average molecular weight is 365 g/mol. The lowest BCUT2D eigenvalue weighted by molar-refractivity contribution is -0.112. The average Bonchev–Trinajstić information content (AvgIpc) is 3.48. The van der Waals surface area contributed by atoms with Crippen molar-refractivity contribution in [3.63, 3.8) is 0 Å². The lowest BCUT2D eigenvalue weighted by Gasteiger charge is -2.06. The second-order valence-electron chi connectivity index (χ2n) is 6.11. The first kappa shape index (κ1) is 17.8. The SMILES string of the molecule is N#CC(C(=O)Nc1ccc(/C=C\c2ccc(Cl)cc2)cc1)=C(O)C1CC1. The normalized spacial score (nSPS) is 14.6. The van der Waals surface area contributed by atoms with E-state index < -0.39 is 5.91 Å². The molecular formula is C21H17ClN2O2. The van der Waals surface area contributed by atoms with Crippen molar-refractivity contribution in [2.75, 3.05) is 5.32 Å². The molecule has 1 saturated carbocycles. The molecule has 0 saturated heterocycles. The van der Waals surface area contributed by atoms with E-state index in [9.17, 15) is 9.90 Å². The van der Waals surface area contributed by atoms with E-state index in [0.717, 1.165) is 24.0 Å². The van der Waals surface area contributed by atoms with E-state index in [-0.39, 0.29) is 17.3 Å². The summed E-state index contributed by atoms with van der Waals surface area (Å²) in [7, 11) is 0. The fraction of sp³-hybridized carbons (Fsp3) is 0.143. The number of aliphatic hydroxyl groups is 1. The van der Waals surface area contributed by atoms with Crippen molar-refractivity contribution in [2.45, 2.75) is 12.8 Å². The zero-order valence-electron chi connectivity index (χ0n) is 13.9. The summed E-state index contributed by atoms with van der Waals surface area (Å²) in [6.07, 6.45) is 5.56. The van der Waals surface area contributed by atoms with Crippen molar-refractivity contribution in [3.05, 3.63) is 76.0 Å². The highest BCUT2D eigenvalue weighted by Crippen LogP contribution is 2.36. The molecule has 5 heteroatoms. The molecule has 1 amide bonds. The van der Waals surface area contributed by atoms with Crippen molar-refractivity contribution in [2.24, 2.45) is 5.92 Å². The number of nitrogens with one attached hydrogen (secondary N) is 1. The Kier molecular flexibility index (Phi) is 5.40. The molecule has 0 bridgehead atoms. The maximum Gasteiger partial charge on any atom is 0.269 e. The predicted molar refractivity (Wildman–Crippen MR) is 103 cm³/mol. The highest BCUT2D eigenvalue weighted by atomic mass is 35.5. The van der Waals surface area contributed by atoms with Crippen LogP contribution in [0.3, 0.4) is 0 Å². The first-order valence-electron chi connectivity index (χ1n) is 8.25. The summed E-state index contributed by atoms with van der Waals surface area (Å²) >= 11 is 5.86. The molecule has 26 heavy (non-hydrogen) atoms. The van der Waals surface area contributed by atoms with E-state index in [0.29, 0.717) is 10.7 Å². The van der Waals surface area contributed by atoms with Crippen molar-refractivity contribution < 1.29 is 9.90 Å². The monoisotopic (exact) mass is 364 g/mol. The maximum atomic E-state index is 12.2. The van der Waals surface area contributed by atoms with Gasteiger partial charge in [0.05, 0.1) is 0 Å². The number of aliphatic hydroxyl groups excluding tert-OH is 1. The summed E-state index contributed by atoms with van der Waals surface area (Å²) in [5, 5.41) is 22.4. The zero-order valence-corrected chi connectivity index (χ0v) is 14.7. The van der Waals surface area contributed by atoms with Gasteiger partial charge in [-0.15, -0.1) is 0 Å². The molecule has 3 rings (SSSR count). The molecule has 2 aromatic rings. The smallest absolute Gasteiger partial charge is 0.269 e. The summed E-state index contributed by atoms with van der Waals surface area (Å²) in [6.45, 7) is 0. The molecule has 0 aliphatic heterocycles. The van der Waals surface area contributed by atoms with Crippen LogP contribution in [-0.2, 0) is 4.79 Å². The lowest BCUT2D eigenvalue weighted by Crippen LogP contribution is -2.15. The summed E-state index contributed by atoms with van der Waals surface area (Å²) in [5.41, 5.74) is 2.36. The Balaban J connectivity index is 1.66. The Hall–Kier alpha value is -3.03. The Labute approximate surface area is 157 Å². The van der Waals surface area contributed by atoms with E-state index in [1.165, 1.54) is 0 Å². The molecule has 0 heterocycles. The fourth-order valence-electron chi connectivity index (χ4n) is 2.42. The molecule has 0 unspecified atom stereocenters. The molecule has 0 atom stereocenters. The van der Waals surface area contributed by atoms with Gasteiger partial charge in [-0.25, -0.2) is 0 Å². The number of benzene rings is 2. The van der Waals surface area contributed by atoms with Gasteiger partial charge in [0.2, 0.25) is 0 Å². The Bertz CT molecular complexity index is 903. The van der Waals surface area contributed by atoms with Crippen molar-refractivity contribution in [1.29, 1.82) is 5.26 Å². The van der Waals surface area contributed by atoms with Crippen LogP contribution >= 0.6 is 11.6 Å². The number of hydrogen-bond acceptors (Lipinski definition) is 3. The standard InChI is InChI=1S/C21H17ClN2O2/c22-17-9-3-14(4-10-17)1-2-15-5-11-18(12-6-15)24-21(26)19(13-23)20(25)16-7-8-16/h1-6,9-12,16,25H,7-8H2,(H,24,26)/b2-1-,20-19?. The number of nitriles is 1. The zero-order chi connectivity index (χ0) is 18.5. The van der Waals surface area contributed by atoms with E-state index >= 15 is 0 Å². The fourth-order valence-corrected chi connectivity index (χ4v) is 2.55. The van der Waals surface area contributed by atoms with E-state index in [4.69, 9.17) is 16.9 Å². The predicted octanol–water partition coefficient (Wildman–Crippen LogP) is 5.19. The van der Waals surface area contributed by atoms with Gasteiger partial charge < -0.3 is 10.4 Å². The minimum atomic E-state index is -0.582. The van der Waals surface area contributed by atoms with Crippen molar-refractivity contribution in [1.82, 2.24) is 0 Å². The molecule has 2 N–H and O–H groups in total. The first-order valence-corrected chi connectivity index (χ1v) is 8.63. The van der Waals surface area contributed by atoms with Gasteiger partial charge >= 0.3 is 0 Å². The summed E-state index contributed by atoms with van der Waals surface area (Å²) < 4.78 is 0. The van der Waals surface area contributed by atoms with Crippen LogP contribution in [0.4, 0.5) is 5.69 Å². The second-order valence-corrected chi connectivity index (χ2v) is 6.54. The number of halogens is 1. The van der Waals surface area contributed by atoms with Crippen molar-refractivity contribution >= 4 is 35.3 Å². The molecule has 1 aliphatic carbocycles. The van der Waals surface area contributed by atoms with Crippen LogP contribution in [-0.4, -0.2) is 11.0 Å². The highest BCUT2D eigenvalue weighted by molar-refractivity contribution is 6.30. The minimum Gasteiger partial charge on any atom is -0.510 e. The lowest BCUT2D eigenvalue weighted by atomic mass is 10.1. The molecule has 2 aromatic carbocycles. The summed E-state index contributed by atoms with van der Waals surface area (Å²) in [4.78, 5) is 12.2. The van der Waals surface area contributed by atoms with E-state index in [2.05, 4.69) is 5.32 Å². The number of hydrogen-bond donors (Lipinski definition) is 2. The van der Waals surface area contributed by atoms with Gasteiger partial charge in [0.1, 0.15) is 11.8 Å². The molecule has 0 aromatic heterocycles. The third kappa shape index (κ3) is 4.53. The molecule has 130 valence electrons. The third-order valence-corrected chi connectivity index (χ3v) is 4.32. The quantitative estimate of drug-likeness (QED) is 0.331. The molecule has 1 fully saturated rings. The third-order valence-electron chi connectivity index (χ3n) is 4.07. The Morgan fingerprint density at radius 1 is 1.08 bits per heavy atom. The van der Waals surface area contributed by atoms with Gasteiger partial charge in [-0.1, -0.05) is 48.0 Å². The summed E-state index contributed by atoms with van der Waals surface area (Å²) in [6, 6.07) is 16.5. The molecule has 0 spiro atoms. The van der Waals surface area contributed by atoms with E-state index in [1.807, 2.05) is 48.6 Å². The number of amides is 1. The summed E-state index contributed by atoms with van der Waals surface area (Å²) in [5.74, 6) is -0.732. The maximum absolute atomic E-state index is 12.2. The van der Waals surface area contributed by atoms with Crippen LogP contribution in [0.1, 0.15) is 24.0 Å². The van der Waals surface area contributed by atoms with Gasteiger partial charge in [0.15, 0.2) is 5.57 Å². The number of carbonyl (C=O) groups is 1. The van der Waals surface area contributed by atoms with Gasteiger partial charge in [-0.3, -0.25) is 4.79 Å². The molecule has 0 radical (unpaired) electrons. The highest BCUT2D eigenvalue weighted by Gasteiger charge is 2.30. The minimum absolute atomic E-state index is 0.0456. The number of nitrogens with zero attached hydrogens (tertiary/aromatic N) is 1. The van der Waals surface area contributed by atoms with Gasteiger partial charge in [0, 0.05) is 16.6 Å². The topological polar surface area (TPSA) is 73.1 Å². The van der Waals surface area contributed by atoms with Gasteiger partial charge in [-0.05, 0) is 48.2 Å². The van der Waals surface area contributed by atoms with Crippen LogP contribution in [0, 0.1) is 17.2 Å². The Morgan fingerprint density at radius 3 is 2.12 bits per heavy atom. The number of anilines is 1. The van der Waals surface area contributed by atoms with Crippen molar-refractivity contribution in [3.8, 4) is 6.07 Å². The largest absolute Gasteiger partial charge is 0.510 e. The van der Waals surface area contributed by atoms with Crippen LogP contribution in [0.5, 0.6) is 0 Å². The van der Waals surface area contributed by atoms with Gasteiger partial charge in [0.25, 0.3) is 5.91 Å². The van der Waals surface area contributed by atoms with Crippen LogP contribution < -0.4 is 5.32 Å². The van der Waals surface area contributed by atoms with Crippen LogP contribution in [0.25, 0.3) is 12.2 Å². The number of carbonyl (C=O) groups excluding carboxylic acids is 1. The molecule has 4 nitrogen and oxygen atoms in total. The molecule has 1 aliphatic rings. The first-order chi connectivity index (χ1) is 12.6. The Morgan fingerprint density at radius 2 is 1.62 bits per heavy atom. The second kappa shape index (κ2) is 7.90. The van der Waals surface area contributed by atoms with Crippen LogP contribution in [0.15, 0.2) is 59.9 Å². The molecular weight excluding hydrogens is 348 g/mol. The number of rotatable bonds is 5. The van der Waals surface area contributed by atoms with Crippen LogP contribution in [0.2, 0.25) is 5.02 Å². The van der Waals surface area contributed by atoms with Gasteiger partial charge in [-0.2, -0.15) is 5.26 Å². The van der Waals surface area contributed by atoms with E-state index in [1.54, 1.807) is 18.2 Å². The number of allylic oxidation sites excluding steroid dienone is 1.